The maximum Gasteiger partial charge on any atom is 0.268 e. The zero-order chi connectivity index (χ0) is 64.4. The molecule has 0 saturated carbocycles. The van der Waals surface area contributed by atoms with Gasteiger partial charge >= 0.3 is 0 Å². The van der Waals surface area contributed by atoms with Crippen molar-refractivity contribution in [3.63, 3.8) is 0 Å². The van der Waals surface area contributed by atoms with Crippen LogP contribution in [0.2, 0.25) is 0 Å². The van der Waals surface area contributed by atoms with Gasteiger partial charge in [-0.2, -0.15) is 0 Å². The Morgan fingerprint density at radius 2 is 0.407 bits per heavy atom. The third-order valence-corrected chi connectivity index (χ3v) is 15.8. The molecule has 0 aliphatic carbocycles. The normalized spacial score (nSPS) is 17.8. The molecule has 39 nitrogen and oxygen atoms in total. The number of aliphatic hydroxyl groups excluding tert-OH is 1. The van der Waals surface area contributed by atoms with Gasteiger partial charge in [-0.05, 0) is 12.8 Å². The monoisotopic (exact) mass is 1400 g/mol. The second-order valence-electron chi connectivity index (χ2n) is 16.2. The van der Waals surface area contributed by atoms with E-state index in [1.165, 1.54) is 0 Å². The maximum atomic E-state index is 11.9. The number of rotatable bonds is 67. The molecule has 0 aliphatic rings. The Bertz CT molecular complexity index is 1970. The van der Waals surface area contributed by atoms with Crippen LogP contribution in [-0.4, -0.2) is 235 Å². The Kier molecular flexibility index (Phi) is 52.9. The van der Waals surface area contributed by atoms with Crippen molar-refractivity contribution in [2.75, 3.05) is 225 Å². The van der Waals surface area contributed by atoms with Crippen LogP contribution in [0, 0.1) is 11.8 Å². The molecule has 0 aromatic heterocycles. The van der Waals surface area contributed by atoms with Gasteiger partial charge in [0.2, 0.25) is 0 Å². The van der Waals surface area contributed by atoms with Crippen molar-refractivity contribution < 1.29 is 182 Å². The highest BCUT2D eigenvalue weighted by Gasteiger charge is 2.18. The van der Waals surface area contributed by atoms with Crippen LogP contribution in [0.5, 0.6) is 0 Å². The minimum absolute atomic E-state index is 0.00427. The fourth-order valence-corrected chi connectivity index (χ4v) is 9.70. The molecule has 0 spiro atoms. The number of phosphoric ester groups is 7. The predicted molar refractivity (Wildman–Crippen MR) is 276 cm³/mol. The van der Waals surface area contributed by atoms with Crippen LogP contribution in [0.3, 0.4) is 0 Å². The van der Waals surface area contributed by atoms with Crippen LogP contribution in [0.15, 0.2) is 0 Å². The van der Waals surface area contributed by atoms with Crippen LogP contribution in [0.4, 0.5) is 0 Å². The molecule has 0 radical (unpaired) electrons. The van der Waals surface area contributed by atoms with Gasteiger partial charge in [-0.1, -0.05) is 13.8 Å². The molecular formula is C40H82O39P7-7. The Morgan fingerprint density at radius 3 is 0.570 bits per heavy atom. The lowest BCUT2D eigenvalue weighted by molar-refractivity contribution is -0.230. The summed E-state index contributed by atoms with van der Waals surface area (Å²) in [6.07, 6.45) is 0.816. The van der Waals surface area contributed by atoms with Crippen LogP contribution >= 0.6 is 54.8 Å². The summed E-state index contributed by atoms with van der Waals surface area (Å²) in [6, 6.07) is 0. The number of hydrogen-bond donors (Lipinski definition) is 2. The van der Waals surface area contributed by atoms with Crippen molar-refractivity contribution in [1.82, 2.24) is 0 Å². The van der Waals surface area contributed by atoms with E-state index in [0.717, 1.165) is 0 Å². The molecule has 518 valence electrons. The molecule has 0 rings (SSSR count). The summed E-state index contributed by atoms with van der Waals surface area (Å²) in [7, 11) is -32.9. The molecule has 46 heteroatoms. The van der Waals surface area contributed by atoms with Crippen molar-refractivity contribution in [2.24, 2.45) is 11.8 Å². The van der Waals surface area contributed by atoms with Gasteiger partial charge in [-0.3, -0.25) is 32.0 Å². The fraction of sp³-hybridized carbons (Fsp3) is 1.00. The van der Waals surface area contributed by atoms with Gasteiger partial charge in [0, 0.05) is 18.4 Å². The van der Waals surface area contributed by atoms with Crippen LogP contribution in [0.25, 0.3) is 0 Å². The Labute approximate surface area is 499 Å². The first-order chi connectivity index (χ1) is 40.7. The average molecular weight is 1400 g/mol. The zero-order valence-electron chi connectivity index (χ0n) is 47.7. The molecule has 0 fully saturated rings. The largest absolute Gasteiger partial charge is 0.756 e. The van der Waals surface area contributed by atoms with Crippen LogP contribution in [0.1, 0.15) is 26.7 Å². The van der Waals surface area contributed by atoms with Crippen molar-refractivity contribution in [2.45, 2.75) is 26.7 Å². The lowest BCUT2D eigenvalue weighted by Crippen LogP contribution is -2.20. The quantitative estimate of drug-likeness (QED) is 0.0477. The molecule has 9 atom stereocenters. The van der Waals surface area contributed by atoms with Crippen LogP contribution < -0.4 is 34.3 Å². The Balaban J connectivity index is 3.67. The fourth-order valence-electron chi connectivity index (χ4n) is 5.09. The van der Waals surface area contributed by atoms with E-state index in [1.54, 1.807) is 13.8 Å². The molecule has 0 heterocycles. The summed E-state index contributed by atoms with van der Waals surface area (Å²) < 4.78 is 194. The highest BCUT2D eigenvalue weighted by Crippen LogP contribution is 2.42. The molecular weight excluding hydrogens is 1320 g/mol. The third kappa shape index (κ3) is 59.4. The second kappa shape index (κ2) is 52.7. The summed E-state index contributed by atoms with van der Waals surface area (Å²) >= 11 is 0. The van der Waals surface area contributed by atoms with E-state index in [0.29, 0.717) is 6.42 Å². The number of ether oxygens (including phenoxy) is 10. The van der Waals surface area contributed by atoms with E-state index in [-0.39, 0.29) is 217 Å². The molecule has 0 aromatic carbocycles. The van der Waals surface area contributed by atoms with Gasteiger partial charge in [-0.25, -0.2) is 0 Å². The summed E-state index contributed by atoms with van der Waals surface area (Å²) in [4.78, 5) is 90.3. The smallest absolute Gasteiger partial charge is 0.268 e. The molecule has 2 N–H and O–H groups in total. The molecule has 0 saturated heterocycles. The summed E-state index contributed by atoms with van der Waals surface area (Å²) in [5.74, 6) is -0.985. The summed E-state index contributed by atoms with van der Waals surface area (Å²) in [6.45, 7) is -3.05. The van der Waals surface area contributed by atoms with E-state index in [4.69, 9.17) is 61.9 Å². The van der Waals surface area contributed by atoms with E-state index in [9.17, 15) is 66.2 Å². The number of aliphatic hydroxyl groups is 1. The number of hydrogen-bond acceptors (Lipinski definition) is 38. The van der Waals surface area contributed by atoms with Gasteiger partial charge in [0.05, 0.1) is 218 Å². The first kappa shape index (κ1) is 86.3. The first-order valence-corrected chi connectivity index (χ1v) is 36.6. The van der Waals surface area contributed by atoms with Crippen LogP contribution in [-0.2, 0) is 138 Å². The Morgan fingerprint density at radius 1 is 0.256 bits per heavy atom. The minimum Gasteiger partial charge on any atom is -0.756 e. The Hall–Kier alpha value is 0.330. The minimum atomic E-state index is -4.97. The topological polar surface area (TPSA) is 534 Å². The SMILES string of the molecule is CCC(CO)COP(=O)([O-])OCCOCCOCCOP(=O)([O-])OCCOCCOCCOP(=O)([O-])OCCOCCOCCOP(=O)([O-])OCCOCCOCCOP(=O)([O-])OCCOCCOCCOP(=O)([O-])OCC(CC)COP(=O)([O-])O. The lowest BCUT2D eigenvalue weighted by Gasteiger charge is -2.26. The predicted octanol–water partition coefficient (Wildman–Crippen LogP) is -2.32. The van der Waals surface area contributed by atoms with E-state index >= 15 is 0 Å². The zero-order valence-corrected chi connectivity index (χ0v) is 54.0. The molecule has 0 aromatic rings. The van der Waals surface area contributed by atoms with Gasteiger partial charge in [0.25, 0.3) is 54.8 Å². The lowest BCUT2D eigenvalue weighted by atomic mass is 10.1. The average Bonchev–Trinajstić information content (AvgIpc) is 3.53. The maximum absolute atomic E-state index is 11.9. The third-order valence-electron chi connectivity index (χ3n) is 9.45. The van der Waals surface area contributed by atoms with E-state index < -0.39 is 80.5 Å². The first-order valence-electron chi connectivity index (χ1n) is 26.3. The molecule has 86 heavy (non-hydrogen) atoms. The highest BCUT2D eigenvalue weighted by atomic mass is 31.2. The van der Waals surface area contributed by atoms with Gasteiger partial charge in [0.15, 0.2) is 0 Å². The van der Waals surface area contributed by atoms with Gasteiger partial charge in [0.1, 0.15) is 0 Å². The molecule has 0 bridgehead atoms. The van der Waals surface area contributed by atoms with E-state index in [2.05, 4.69) is 54.3 Å². The van der Waals surface area contributed by atoms with Gasteiger partial charge < -0.3 is 150 Å². The van der Waals surface area contributed by atoms with Crippen molar-refractivity contribution in [1.29, 1.82) is 0 Å². The highest BCUT2D eigenvalue weighted by molar-refractivity contribution is 7.47. The number of phosphoric acid groups is 7. The van der Waals surface area contributed by atoms with Crippen molar-refractivity contribution in [3.05, 3.63) is 0 Å². The summed E-state index contributed by atoms with van der Waals surface area (Å²) in [5, 5.41) is 9.08. The van der Waals surface area contributed by atoms with Crippen molar-refractivity contribution >= 4 is 54.8 Å². The van der Waals surface area contributed by atoms with E-state index in [1.807, 2.05) is 0 Å². The van der Waals surface area contributed by atoms with Gasteiger partial charge in [-0.15, -0.1) is 0 Å². The standard InChI is InChI=1S/C40H89O39P7/c1-3-39(35-41)36-78-85(53,54)75-33-23-65-13-11-63-21-31-73-83(49,50)71-29-19-61-9-7-59-17-27-69-81(45,46)67-25-15-57-5-6-58-16-26-68-82(47,48)70-28-18-60-8-10-62-20-30-72-84(51,52)74-32-22-64-12-14-66-24-34-76-86(55,56)79-38-40(4-2)37-77-80(42,43)44/h39-41H,3-38H2,1-2H3,(H,45,46)(H,47,48)(H,49,50)(H,51,52)(H,53,54)(H,55,56)(H2,42,43,44)/p-7. The van der Waals surface area contributed by atoms with Crippen molar-refractivity contribution in [3.8, 4) is 0 Å². The molecule has 0 aliphatic heterocycles. The molecule has 9 unspecified atom stereocenters. The molecule has 0 amide bonds. The second-order valence-corrected chi connectivity index (χ2v) is 25.9. The summed E-state index contributed by atoms with van der Waals surface area (Å²) in [5.41, 5.74) is 0.